The van der Waals surface area contributed by atoms with Gasteiger partial charge >= 0.3 is 5.97 Å². The molecule has 0 bridgehead atoms. The maximum Gasteiger partial charge on any atom is 0.336 e. The molecule has 0 aromatic heterocycles. The topological polar surface area (TPSA) is 71.4 Å². The van der Waals surface area contributed by atoms with Gasteiger partial charge in [-0.15, -0.1) is 0 Å². The van der Waals surface area contributed by atoms with E-state index in [4.69, 9.17) is 5.11 Å². The summed E-state index contributed by atoms with van der Waals surface area (Å²) >= 11 is 0. The average Bonchev–Trinajstić information content (AvgIpc) is 2.36. The lowest BCUT2D eigenvalue weighted by Crippen LogP contribution is -2.03. The maximum atomic E-state index is 11.0. The molecule has 0 spiro atoms. The second-order valence-electron chi connectivity index (χ2n) is 3.51. The summed E-state index contributed by atoms with van der Waals surface area (Å²) in [4.78, 5) is 32.9. The van der Waals surface area contributed by atoms with Crippen molar-refractivity contribution in [1.29, 1.82) is 0 Å². The molecule has 2 aromatic rings. The molecule has 0 amide bonds. The SMILES string of the molecule is O=Cc1cccc2ccc(C(=O)O)c(C=O)c12. The lowest BCUT2D eigenvalue weighted by molar-refractivity contribution is 0.0694. The molecule has 0 heterocycles. The van der Waals surface area contributed by atoms with Crippen molar-refractivity contribution in [3.63, 3.8) is 0 Å². The number of fused-ring (bicyclic) bond motifs is 1. The summed E-state index contributed by atoms with van der Waals surface area (Å²) in [6.07, 6.45) is 1.08. The lowest BCUT2D eigenvalue weighted by Gasteiger charge is -2.06. The van der Waals surface area contributed by atoms with E-state index in [-0.39, 0.29) is 11.1 Å². The number of carboxylic acids is 1. The van der Waals surface area contributed by atoms with Crippen LogP contribution in [0.3, 0.4) is 0 Å². The molecule has 2 aromatic carbocycles. The zero-order valence-corrected chi connectivity index (χ0v) is 8.71. The first-order valence-corrected chi connectivity index (χ1v) is 4.88. The van der Waals surface area contributed by atoms with Crippen LogP contribution in [0.15, 0.2) is 30.3 Å². The van der Waals surface area contributed by atoms with Crippen LogP contribution in [-0.4, -0.2) is 23.6 Å². The van der Waals surface area contributed by atoms with E-state index in [0.717, 1.165) is 0 Å². The number of hydrogen-bond acceptors (Lipinski definition) is 3. The number of hydrogen-bond donors (Lipinski definition) is 1. The summed E-state index contributed by atoms with van der Waals surface area (Å²) in [6.45, 7) is 0. The molecule has 0 unspecified atom stereocenters. The fraction of sp³-hybridized carbons (Fsp3) is 0. The molecule has 84 valence electrons. The third kappa shape index (κ3) is 1.69. The number of carbonyl (C=O) groups excluding carboxylic acids is 2. The minimum atomic E-state index is -1.19. The molecule has 17 heavy (non-hydrogen) atoms. The fourth-order valence-corrected chi connectivity index (χ4v) is 1.84. The molecular weight excluding hydrogens is 220 g/mol. The van der Waals surface area contributed by atoms with Crippen LogP contribution in [0.25, 0.3) is 10.8 Å². The quantitative estimate of drug-likeness (QED) is 0.817. The highest BCUT2D eigenvalue weighted by atomic mass is 16.4. The average molecular weight is 228 g/mol. The third-order valence-electron chi connectivity index (χ3n) is 2.59. The van der Waals surface area contributed by atoms with E-state index in [0.29, 0.717) is 28.9 Å². The summed E-state index contributed by atoms with van der Waals surface area (Å²) in [7, 11) is 0. The minimum Gasteiger partial charge on any atom is -0.478 e. The second kappa shape index (κ2) is 4.17. The first-order valence-electron chi connectivity index (χ1n) is 4.88. The molecule has 0 saturated carbocycles. The molecular formula is C13H8O4. The molecule has 0 atom stereocenters. The highest BCUT2D eigenvalue weighted by Gasteiger charge is 2.14. The molecule has 0 aliphatic heterocycles. The lowest BCUT2D eigenvalue weighted by atomic mass is 9.96. The summed E-state index contributed by atoms with van der Waals surface area (Å²) in [5.74, 6) is -1.19. The Morgan fingerprint density at radius 2 is 1.82 bits per heavy atom. The predicted octanol–water partition coefficient (Wildman–Crippen LogP) is 2.16. The maximum absolute atomic E-state index is 11.0. The van der Waals surface area contributed by atoms with Gasteiger partial charge in [0.15, 0.2) is 12.6 Å². The Bertz CT molecular complexity index is 629. The molecule has 4 heteroatoms. The van der Waals surface area contributed by atoms with E-state index in [1.54, 1.807) is 24.3 Å². The van der Waals surface area contributed by atoms with E-state index in [1.165, 1.54) is 6.07 Å². The van der Waals surface area contributed by atoms with E-state index < -0.39 is 5.97 Å². The normalized spacial score (nSPS) is 10.1. The Balaban J connectivity index is 2.97. The van der Waals surface area contributed by atoms with Crippen molar-refractivity contribution in [2.75, 3.05) is 0 Å². The standard InChI is InChI=1S/C13H8O4/c14-6-9-3-1-2-8-4-5-10(13(16)17)11(7-15)12(8)9/h1-7H,(H,16,17). The second-order valence-corrected chi connectivity index (χ2v) is 3.51. The Morgan fingerprint density at radius 3 is 2.41 bits per heavy atom. The fourth-order valence-electron chi connectivity index (χ4n) is 1.84. The molecule has 1 N–H and O–H groups in total. The van der Waals surface area contributed by atoms with Crippen molar-refractivity contribution in [3.05, 3.63) is 47.0 Å². The van der Waals surface area contributed by atoms with Gasteiger partial charge in [-0.1, -0.05) is 24.3 Å². The Hall–Kier alpha value is -2.49. The van der Waals surface area contributed by atoms with Gasteiger partial charge in [-0.3, -0.25) is 9.59 Å². The van der Waals surface area contributed by atoms with Gasteiger partial charge in [-0.25, -0.2) is 4.79 Å². The summed E-state index contributed by atoms with van der Waals surface area (Å²) in [6, 6.07) is 7.90. The number of benzene rings is 2. The van der Waals surface area contributed by atoms with E-state index in [9.17, 15) is 14.4 Å². The molecule has 0 aliphatic carbocycles. The number of aromatic carboxylic acids is 1. The zero-order chi connectivity index (χ0) is 12.4. The van der Waals surface area contributed by atoms with Crippen LogP contribution in [0.1, 0.15) is 31.1 Å². The van der Waals surface area contributed by atoms with Crippen molar-refractivity contribution in [1.82, 2.24) is 0 Å². The Kier molecular flexibility index (Phi) is 2.70. The van der Waals surface area contributed by atoms with Crippen LogP contribution >= 0.6 is 0 Å². The van der Waals surface area contributed by atoms with Gasteiger partial charge in [0.2, 0.25) is 0 Å². The summed E-state index contributed by atoms with van der Waals surface area (Å²) < 4.78 is 0. The van der Waals surface area contributed by atoms with Crippen LogP contribution in [0.2, 0.25) is 0 Å². The van der Waals surface area contributed by atoms with Crippen molar-refractivity contribution >= 4 is 29.3 Å². The number of rotatable bonds is 3. The Morgan fingerprint density at radius 1 is 1.06 bits per heavy atom. The molecule has 0 radical (unpaired) electrons. The summed E-state index contributed by atoms with van der Waals surface area (Å²) in [5.41, 5.74) is 0.257. The van der Waals surface area contributed by atoms with Crippen LogP contribution in [0.5, 0.6) is 0 Å². The van der Waals surface area contributed by atoms with Gasteiger partial charge in [0.05, 0.1) is 5.56 Å². The first kappa shape index (κ1) is 11.0. The van der Waals surface area contributed by atoms with Gasteiger partial charge in [0.25, 0.3) is 0 Å². The molecule has 0 saturated heterocycles. The minimum absolute atomic E-state index is 0.0395. The van der Waals surface area contributed by atoms with Crippen molar-refractivity contribution < 1.29 is 19.5 Å². The van der Waals surface area contributed by atoms with Gasteiger partial charge in [0, 0.05) is 16.5 Å². The highest BCUT2D eigenvalue weighted by molar-refractivity contribution is 6.12. The van der Waals surface area contributed by atoms with E-state index in [2.05, 4.69) is 0 Å². The summed E-state index contributed by atoms with van der Waals surface area (Å²) in [5, 5.41) is 10.0. The highest BCUT2D eigenvalue weighted by Crippen LogP contribution is 2.24. The monoisotopic (exact) mass is 228 g/mol. The van der Waals surface area contributed by atoms with E-state index >= 15 is 0 Å². The molecule has 0 aliphatic rings. The predicted molar refractivity (Wildman–Crippen MR) is 61.7 cm³/mol. The van der Waals surface area contributed by atoms with Crippen molar-refractivity contribution in [2.24, 2.45) is 0 Å². The molecule has 2 rings (SSSR count). The van der Waals surface area contributed by atoms with E-state index in [1.807, 2.05) is 0 Å². The van der Waals surface area contributed by atoms with Gasteiger partial charge < -0.3 is 5.11 Å². The van der Waals surface area contributed by atoms with Crippen LogP contribution < -0.4 is 0 Å². The van der Waals surface area contributed by atoms with Gasteiger partial charge in [-0.2, -0.15) is 0 Å². The Labute approximate surface area is 96.5 Å². The first-order chi connectivity index (χ1) is 8.19. The van der Waals surface area contributed by atoms with Crippen LogP contribution in [0.4, 0.5) is 0 Å². The third-order valence-corrected chi connectivity index (χ3v) is 2.59. The largest absolute Gasteiger partial charge is 0.478 e. The number of aldehydes is 2. The number of carbonyl (C=O) groups is 3. The van der Waals surface area contributed by atoms with Crippen LogP contribution in [0, 0.1) is 0 Å². The van der Waals surface area contributed by atoms with Gasteiger partial charge in [0.1, 0.15) is 0 Å². The van der Waals surface area contributed by atoms with Crippen molar-refractivity contribution in [3.8, 4) is 0 Å². The molecule has 0 fully saturated rings. The number of carboxylic acid groups (broad SMARTS) is 1. The van der Waals surface area contributed by atoms with Crippen LogP contribution in [-0.2, 0) is 0 Å². The smallest absolute Gasteiger partial charge is 0.336 e. The molecule has 4 nitrogen and oxygen atoms in total. The zero-order valence-electron chi connectivity index (χ0n) is 8.71. The van der Waals surface area contributed by atoms with Gasteiger partial charge in [-0.05, 0) is 11.5 Å². The van der Waals surface area contributed by atoms with Crippen molar-refractivity contribution in [2.45, 2.75) is 0 Å².